The molecular weight excluding hydrogens is 488 g/mol. The summed E-state index contributed by atoms with van der Waals surface area (Å²) in [4.78, 5) is 29.1. The molecule has 1 saturated carbocycles. The number of aryl methyl sites for hydroxylation is 1. The van der Waals surface area contributed by atoms with Gasteiger partial charge in [-0.2, -0.15) is 0 Å². The third kappa shape index (κ3) is 6.70. The van der Waals surface area contributed by atoms with Crippen LogP contribution < -0.4 is 16.4 Å². The molecule has 5 rings (SSSR count). The van der Waals surface area contributed by atoms with E-state index in [9.17, 15) is 9.59 Å². The Kier molecular flexibility index (Phi) is 8.48. The van der Waals surface area contributed by atoms with E-state index in [-0.39, 0.29) is 31.0 Å². The number of ether oxygens (including phenoxy) is 1. The zero-order valence-electron chi connectivity index (χ0n) is 20.4. The maximum atomic E-state index is 13.2. The molecule has 8 heteroatoms. The molecule has 0 aliphatic heterocycles. The first kappa shape index (κ1) is 26.3. The van der Waals surface area contributed by atoms with Gasteiger partial charge in [0.05, 0.1) is 0 Å². The topological polar surface area (TPSA) is 109 Å². The van der Waals surface area contributed by atoms with Crippen molar-refractivity contribution in [2.24, 2.45) is 5.73 Å². The predicted octanol–water partition coefficient (Wildman–Crippen LogP) is 5.27. The van der Waals surface area contributed by atoms with Crippen molar-refractivity contribution in [3.63, 3.8) is 0 Å². The SMILES string of the molecule is Cl.NC1CC1c1ccc(NC(=O)C(CCc2c[nH]c3ccccc23)NC(=O)OCc2ccccc2)cc1. The van der Waals surface area contributed by atoms with Crippen LogP contribution in [-0.4, -0.2) is 29.1 Å². The molecule has 0 saturated heterocycles. The summed E-state index contributed by atoms with van der Waals surface area (Å²) in [6, 6.07) is 24.7. The number of halogens is 1. The highest BCUT2D eigenvalue weighted by Gasteiger charge is 2.34. The first-order valence-corrected chi connectivity index (χ1v) is 12.3. The van der Waals surface area contributed by atoms with Crippen LogP contribution in [0.1, 0.15) is 35.4 Å². The number of carbonyl (C=O) groups is 2. The summed E-state index contributed by atoms with van der Waals surface area (Å²) >= 11 is 0. The minimum absolute atomic E-state index is 0. The van der Waals surface area contributed by atoms with Crippen LogP contribution in [0, 0.1) is 0 Å². The van der Waals surface area contributed by atoms with Crippen molar-refractivity contribution in [3.8, 4) is 0 Å². The van der Waals surface area contributed by atoms with Crippen molar-refractivity contribution in [2.45, 2.75) is 43.9 Å². The standard InChI is InChI=1S/C29H30N4O3.ClH/c30-25-16-24(25)20-10-13-22(14-11-20)32-28(34)27(33-29(35)36-18-19-6-2-1-3-7-19)15-12-21-17-31-26-9-5-4-8-23(21)26;/h1-11,13-14,17,24-25,27,31H,12,15-16,18,30H2,(H,32,34)(H,33,35);1H. The largest absolute Gasteiger partial charge is 0.445 e. The summed E-state index contributed by atoms with van der Waals surface area (Å²) < 4.78 is 5.38. The lowest BCUT2D eigenvalue weighted by Crippen LogP contribution is -2.44. The van der Waals surface area contributed by atoms with Gasteiger partial charge in [0.25, 0.3) is 0 Å². The molecule has 1 fully saturated rings. The average Bonchev–Trinajstić information content (AvgIpc) is 3.49. The normalized spacial score (nSPS) is 16.9. The zero-order chi connectivity index (χ0) is 24.9. The van der Waals surface area contributed by atoms with Gasteiger partial charge in [-0.1, -0.05) is 60.7 Å². The van der Waals surface area contributed by atoms with Crippen LogP contribution in [0.15, 0.2) is 85.1 Å². The van der Waals surface area contributed by atoms with Gasteiger partial charge in [0.2, 0.25) is 5.91 Å². The number of hydrogen-bond donors (Lipinski definition) is 4. The third-order valence-electron chi connectivity index (χ3n) is 6.64. The van der Waals surface area contributed by atoms with Gasteiger partial charge in [0.15, 0.2) is 0 Å². The van der Waals surface area contributed by atoms with E-state index in [1.165, 1.54) is 5.56 Å². The number of amides is 2. The minimum atomic E-state index is -0.765. The molecule has 1 aromatic heterocycles. The summed E-state index contributed by atoms with van der Waals surface area (Å²) in [5.41, 5.74) is 10.8. The van der Waals surface area contributed by atoms with Crippen LogP contribution in [0.25, 0.3) is 10.9 Å². The molecular formula is C29H31ClN4O3. The molecule has 0 radical (unpaired) electrons. The number of alkyl carbamates (subject to hydrolysis) is 1. The second-order valence-electron chi connectivity index (χ2n) is 9.27. The Balaban J connectivity index is 0.00000320. The third-order valence-corrected chi connectivity index (χ3v) is 6.64. The Morgan fingerprint density at radius 3 is 2.43 bits per heavy atom. The van der Waals surface area contributed by atoms with Gasteiger partial charge >= 0.3 is 6.09 Å². The van der Waals surface area contributed by atoms with Crippen molar-refractivity contribution in [1.82, 2.24) is 10.3 Å². The van der Waals surface area contributed by atoms with Gasteiger partial charge < -0.3 is 26.1 Å². The molecule has 2 amide bonds. The number of aromatic amines is 1. The monoisotopic (exact) mass is 518 g/mol. The molecule has 4 aromatic rings. The molecule has 192 valence electrons. The van der Waals surface area contributed by atoms with Crippen LogP contribution in [0.2, 0.25) is 0 Å². The number of nitrogens with two attached hydrogens (primary N) is 1. The number of anilines is 1. The number of para-hydroxylation sites is 1. The van der Waals surface area contributed by atoms with E-state index in [0.29, 0.717) is 24.4 Å². The fourth-order valence-corrected chi connectivity index (χ4v) is 4.46. The Morgan fingerprint density at radius 1 is 1.00 bits per heavy atom. The van der Waals surface area contributed by atoms with Crippen LogP contribution in [-0.2, 0) is 22.6 Å². The fraction of sp³-hybridized carbons (Fsp3) is 0.241. The van der Waals surface area contributed by atoms with Crippen molar-refractivity contribution >= 4 is 41.0 Å². The van der Waals surface area contributed by atoms with Crippen LogP contribution in [0.4, 0.5) is 10.5 Å². The van der Waals surface area contributed by atoms with Gasteiger partial charge in [0.1, 0.15) is 12.6 Å². The Morgan fingerprint density at radius 2 is 1.70 bits per heavy atom. The maximum absolute atomic E-state index is 13.2. The van der Waals surface area contributed by atoms with Gasteiger partial charge in [-0.05, 0) is 54.2 Å². The lowest BCUT2D eigenvalue weighted by Gasteiger charge is -2.18. The summed E-state index contributed by atoms with van der Waals surface area (Å²) in [6.07, 6.45) is 3.35. The maximum Gasteiger partial charge on any atom is 0.408 e. The van der Waals surface area contributed by atoms with Crippen molar-refractivity contribution < 1.29 is 14.3 Å². The van der Waals surface area contributed by atoms with Crippen molar-refractivity contribution in [2.75, 3.05) is 5.32 Å². The van der Waals surface area contributed by atoms with Crippen molar-refractivity contribution in [3.05, 3.63) is 102 Å². The number of fused-ring (bicyclic) bond motifs is 1. The number of aromatic nitrogens is 1. The highest BCUT2D eigenvalue weighted by atomic mass is 35.5. The zero-order valence-corrected chi connectivity index (χ0v) is 21.2. The first-order chi connectivity index (χ1) is 17.6. The Hall–Kier alpha value is -3.81. The van der Waals surface area contributed by atoms with Crippen LogP contribution in [0.5, 0.6) is 0 Å². The Labute approximate surface area is 222 Å². The number of carbonyl (C=O) groups excluding carboxylic acids is 2. The summed E-state index contributed by atoms with van der Waals surface area (Å²) in [6.45, 7) is 0.133. The van der Waals surface area contributed by atoms with Gasteiger partial charge in [-0.15, -0.1) is 12.4 Å². The lowest BCUT2D eigenvalue weighted by atomic mass is 10.0. The number of nitrogens with one attached hydrogen (secondary N) is 3. The van der Waals surface area contributed by atoms with Crippen molar-refractivity contribution in [1.29, 1.82) is 0 Å². The van der Waals surface area contributed by atoms with Crippen LogP contribution in [0.3, 0.4) is 0 Å². The first-order valence-electron chi connectivity index (χ1n) is 12.3. The van der Waals surface area contributed by atoms with Gasteiger partial charge in [-0.3, -0.25) is 4.79 Å². The quantitative estimate of drug-likeness (QED) is 0.242. The van der Waals surface area contributed by atoms with E-state index in [4.69, 9.17) is 10.5 Å². The molecule has 1 aliphatic carbocycles. The summed E-state index contributed by atoms with van der Waals surface area (Å²) in [7, 11) is 0. The van der Waals surface area contributed by atoms with Crippen LogP contribution >= 0.6 is 12.4 Å². The molecule has 3 aromatic carbocycles. The molecule has 37 heavy (non-hydrogen) atoms. The second kappa shape index (κ2) is 12.0. The molecule has 0 bridgehead atoms. The summed E-state index contributed by atoms with van der Waals surface area (Å²) in [5.74, 6) is 0.113. The molecule has 3 unspecified atom stereocenters. The second-order valence-corrected chi connectivity index (χ2v) is 9.27. The minimum Gasteiger partial charge on any atom is -0.445 e. The number of H-pyrrole nitrogens is 1. The van der Waals surface area contributed by atoms with Gasteiger partial charge in [-0.25, -0.2) is 4.79 Å². The molecule has 1 heterocycles. The molecule has 1 aliphatic rings. The fourth-order valence-electron chi connectivity index (χ4n) is 4.46. The van der Waals surface area contributed by atoms with E-state index in [1.807, 2.05) is 85.1 Å². The highest BCUT2D eigenvalue weighted by Crippen LogP contribution is 2.39. The average molecular weight is 519 g/mol. The van der Waals surface area contributed by atoms with E-state index >= 15 is 0 Å². The number of rotatable bonds is 9. The molecule has 7 nitrogen and oxygen atoms in total. The summed E-state index contributed by atoms with van der Waals surface area (Å²) in [5, 5.41) is 6.81. The van der Waals surface area contributed by atoms with E-state index in [0.717, 1.165) is 28.5 Å². The number of benzene rings is 3. The Bertz CT molecular complexity index is 1340. The molecule has 5 N–H and O–H groups in total. The molecule has 3 atom stereocenters. The smallest absolute Gasteiger partial charge is 0.408 e. The number of hydrogen-bond acceptors (Lipinski definition) is 4. The lowest BCUT2D eigenvalue weighted by molar-refractivity contribution is -0.118. The predicted molar refractivity (Wildman–Crippen MR) is 148 cm³/mol. The molecule has 0 spiro atoms. The highest BCUT2D eigenvalue weighted by molar-refractivity contribution is 5.96. The van der Waals surface area contributed by atoms with E-state index < -0.39 is 12.1 Å². The van der Waals surface area contributed by atoms with Gasteiger partial charge in [0, 0.05) is 34.7 Å². The van der Waals surface area contributed by atoms with E-state index in [2.05, 4.69) is 15.6 Å². The van der Waals surface area contributed by atoms with E-state index in [1.54, 1.807) is 0 Å².